The monoisotopic (exact) mass is 451 g/mol. The highest BCUT2D eigenvalue weighted by molar-refractivity contribution is 5.81. The molecular formula is C30H33N3O. The van der Waals surface area contributed by atoms with E-state index < -0.39 is 0 Å². The average Bonchev–Trinajstić information content (AvgIpc) is 3.21. The third kappa shape index (κ3) is 5.07. The minimum Gasteiger partial charge on any atom is -0.352 e. The summed E-state index contributed by atoms with van der Waals surface area (Å²) in [5, 5.41) is 4.42. The van der Waals surface area contributed by atoms with Gasteiger partial charge in [-0.15, -0.1) is 0 Å². The molecule has 1 saturated heterocycles. The van der Waals surface area contributed by atoms with E-state index in [9.17, 15) is 4.79 Å². The predicted molar refractivity (Wildman–Crippen MR) is 139 cm³/mol. The molecule has 1 N–H and O–H groups in total. The van der Waals surface area contributed by atoms with Crippen molar-refractivity contribution in [3.8, 4) is 0 Å². The van der Waals surface area contributed by atoms with Gasteiger partial charge in [-0.25, -0.2) is 0 Å². The van der Waals surface area contributed by atoms with Crippen LogP contribution < -0.4 is 5.32 Å². The van der Waals surface area contributed by atoms with Crippen LogP contribution in [0.2, 0.25) is 0 Å². The number of fused-ring (bicyclic) bond motifs is 1. The van der Waals surface area contributed by atoms with E-state index in [-0.39, 0.29) is 11.8 Å². The molecule has 0 radical (unpaired) electrons. The Kier molecular flexibility index (Phi) is 6.77. The van der Waals surface area contributed by atoms with Crippen LogP contribution in [-0.4, -0.2) is 28.5 Å². The largest absolute Gasteiger partial charge is 0.352 e. The lowest BCUT2D eigenvalue weighted by Gasteiger charge is -2.31. The zero-order chi connectivity index (χ0) is 23.3. The highest BCUT2D eigenvalue weighted by Crippen LogP contribution is 2.25. The number of nitrogens with zero attached hydrogens (tertiary/aromatic N) is 2. The van der Waals surface area contributed by atoms with Crippen molar-refractivity contribution in [3.05, 3.63) is 107 Å². The third-order valence-corrected chi connectivity index (χ3v) is 7.14. The molecule has 0 spiro atoms. The maximum Gasteiger partial charge on any atom is 0.223 e. The summed E-state index contributed by atoms with van der Waals surface area (Å²) in [6.45, 7) is 6.50. The summed E-state index contributed by atoms with van der Waals surface area (Å²) in [6, 6.07) is 29.8. The van der Waals surface area contributed by atoms with E-state index in [1.807, 2.05) is 18.2 Å². The van der Waals surface area contributed by atoms with E-state index in [0.717, 1.165) is 44.6 Å². The molecule has 4 nitrogen and oxygen atoms in total. The van der Waals surface area contributed by atoms with Crippen LogP contribution in [0.25, 0.3) is 10.9 Å². The van der Waals surface area contributed by atoms with Crippen LogP contribution in [0.15, 0.2) is 84.9 Å². The number of rotatable bonds is 7. The maximum absolute atomic E-state index is 12.7. The summed E-state index contributed by atoms with van der Waals surface area (Å²) in [5.74, 6) is 0.301. The highest BCUT2D eigenvalue weighted by atomic mass is 16.1. The first kappa shape index (κ1) is 22.4. The molecule has 1 aliphatic heterocycles. The molecule has 1 aliphatic rings. The Bertz CT molecular complexity index is 1250. The van der Waals surface area contributed by atoms with Crippen LogP contribution in [0.1, 0.15) is 35.2 Å². The minimum absolute atomic E-state index is 0.109. The van der Waals surface area contributed by atoms with Crippen LogP contribution in [0, 0.1) is 12.8 Å². The zero-order valence-corrected chi connectivity index (χ0v) is 19.9. The molecule has 3 aromatic carbocycles. The summed E-state index contributed by atoms with van der Waals surface area (Å²) in [7, 11) is 0. The zero-order valence-electron chi connectivity index (χ0n) is 19.9. The van der Waals surface area contributed by atoms with E-state index in [4.69, 9.17) is 0 Å². The summed E-state index contributed by atoms with van der Waals surface area (Å²) in [5.41, 5.74) is 6.47. The number of hydrogen-bond donors (Lipinski definition) is 1. The number of amides is 1. The van der Waals surface area contributed by atoms with Crippen LogP contribution in [0.5, 0.6) is 0 Å². The van der Waals surface area contributed by atoms with Gasteiger partial charge in [-0.05, 0) is 67.1 Å². The molecule has 174 valence electrons. The van der Waals surface area contributed by atoms with Crippen LogP contribution >= 0.6 is 0 Å². The molecule has 1 fully saturated rings. The Hall–Kier alpha value is -3.37. The molecule has 0 aliphatic carbocycles. The van der Waals surface area contributed by atoms with Crippen molar-refractivity contribution in [1.82, 2.24) is 14.8 Å². The van der Waals surface area contributed by atoms with Crippen molar-refractivity contribution in [2.24, 2.45) is 5.92 Å². The number of nitrogens with one attached hydrogen (secondary N) is 1. The maximum atomic E-state index is 12.7. The van der Waals surface area contributed by atoms with Crippen molar-refractivity contribution in [3.63, 3.8) is 0 Å². The first-order valence-corrected chi connectivity index (χ1v) is 12.3. The van der Waals surface area contributed by atoms with Crippen LogP contribution in [-0.2, 0) is 24.4 Å². The standard InChI is InChI=1S/C30H33N3O/c1-23-9-5-6-13-27(23)21-33-28(19-26-12-7-8-14-29(26)33)22-32-17-15-25(16-18-32)30(34)31-20-24-10-3-2-4-11-24/h2-14,19,25H,15-18,20-22H2,1H3,(H,31,34). The lowest BCUT2D eigenvalue weighted by Crippen LogP contribution is -2.40. The summed E-state index contributed by atoms with van der Waals surface area (Å²) >= 11 is 0. The van der Waals surface area contributed by atoms with Crippen molar-refractivity contribution in [2.75, 3.05) is 13.1 Å². The van der Waals surface area contributed by atoms with Gasteiger partial charge in [0, 0.05) is 36.8 Å². The number of likely N-dealkylation sites (tertiary alicyclic amines) is 1. The molecular weight excluding hydrogens is 418 g/mol. The van der Waals surface area contributed by atoms with Gasteiger partial charge in [-0.3, -0.25) is 9.69 Å². The highest BCUT2D eigenvalue weighted by Gasteiger charge is 2.25. The fourth-order valence-electron chi connectivity index (χ4n) is 5.05. The molecule has 4 aromatic rings. The lowest BCUT2D eigenvalue weighted by molar-refractivity contribution is -0.126. The molecule has 0 atom stereocenters. The van der Waals surface area contributed by atoms with Gasteiger partial charge in [0.1, 0.15) is 0 Å². The SMILES string of the molecule is Cc1ccccc1Cn1c(CN2CCC(C(=O)NCc3ccccc3)CC2)cc2ccccc21. The fraction of sp³-hybridized carbons (Fsp3) is 0.300. The van der Waals surface area contributed by atoms with Crippen molar-refractivity contribution >= 4 is 16.8 Å². The Morgan fingerprint density at radius 3 is 2.38 bits per heavy atom. The number of aromatic nitrogens is 1. The molecule has 5 rings (SSSR count). The van der Waals surface area contributed by atoms with Gasteiger partial charge >= 0.3 is 0 Å². The Morgan fingerprint density at radius 1 is 0.882 bits per heavy atom. The second-order valence-electron chi connectivity index (χ2n) is 9.46. The number of benzene rings is 3. The lowest BCUT2D eigenvalue weighted by atomic mass is 9.95. The quantitative estimate of drug-likeness (QED) is 0.401. The second-order valence-corrected chi connectivity index (χ2v) is 9.46. The van der Waals surface area contributed by atoms with E-state index in [1.165, 1.54) is 27.7 Å². The molecule has 0 saturated carbocycles. The third-order valence-electron chi connectivity index (χ3n) is 7.14. The van der Waals surface area contributed by atoms with Gasteiger partial charge in [0.25, 0.3) is 0 Å². The van der Waals surface area contributed by atoms with E-state index in [1.54, 1.807) is 0 Å². The van der Waals surface area contributed by atoms with Gasteiger partial charge in [-0.1, -0.05) is 72.8 Å². The molecule has 1 amide bonds. The molecule has 34 heavy (non-hydrogen) atoms. The van der Waals surface area contributed by atoms with Gasteiger partial charge in [0.15, 0.2) is 0 Å². The number of aryl methyl sites for hydroxylation is 1. The van der Waals surface area contributed by atoms with Crippen molar-refractivity contribution < 1.29 is 4.79 Å². The minimum atomic E-state index is 0.109. The topological polar surface area (TPSA) is 37.3 Å². The van der Waals surface area contributed by atoms with Gasteiger partial charge in [0.2, 0.25) is 5.91 Å². The number of carbonyl (C=O) groups excluding carboxylic acids is 1. The summed E-state index contributed by atoms with van der Waals surface area (Å²) in [6.07, 6.45) is 1.83. The Morgan fingerprint density at radius 2 is 1.59 bits per heavy atom. The first-order chi connectivity index (χ1) is 16.7. The Balaban J connectivity index is 1.24. The number of piperidine rings is 1. The van der Waals surface area contributed by atoms with Crippen LogP contribution in [0.3, 0.4) is 0 Å². The Labute approximate surface area is 202 Å². The molecule has 4 heteroatoms. The predicted octanol–water partition coefficient (Wildman–Crippen LogP) is 5.53. The van der Waals surface area contributed by atoms with E-state index >= 15 is 0 Å². The fourth-order valence-corrected chi connectivity index (χ4v) is 5.05. The van der Waals surface area contributed by atoms with Crippen LogP contribution in [0.4, 0.5) is 0 Å². The van der Waals surface area contributed by atoms with E-state index in [0.29, 0.717) is 6.54 Å². The average molecular weight is 452 g/mol. The molecule has 0 unspecified atom stereocenters. The summed E-state index contributed by atoms with van der Waals surface area (Å²) in [4.78, 5) is 15.2. The van der Waals surface area contributed by atoms with Crippen molar-refractivity contribution in [2.45, 2.75) is 39.4 Å². The van der Waals surface area contributed by atoms with E-state index in [2.05, 4.69) is 88.4 Å². The molecule has 0 bridgehead atoms. The first-order valence-electron chi connectivity index (χ1n) is 12.3. The molecule has 2 heterocycles. The van der Waals surface area contributed by atoms with Gasteiger partial charge < -0.3 is 9.88 Å². The second kappa shape index (κ2) is 10.3. The number of hydrogen-bond acceptors (Lipinski definition) is 2. The van der Waals surface area contributed by atoms with Gasteiger partial charge in [0.05, 0.1) is 0 Å². The van der Waals surface area contributed by atoms with Crippen molar-refractivity contribution in [1.29, 1.82) is 0 Å². The number of para-hydroxylation sites is 1. The molecule has 1 aromatic heterocycles. The summed E-state index contributed by atoms with van der Waals surface area (Å²) < 4.78 is 2.47. The smallest absolute Gasteiger partial charge is 0.223 e. The normalized spacial score (nSPS) is 15.0. The van der Waals surface area contributed by atoms with Gasteiger partial charge in [-0.2, -0.15) is 0 Å². The number of carbonyl (C=O) groups is 1.